The van der Waals surface area contributed by atoms with Gasteiger partial charge in [-0.05, 0) is 48.6 Å². The van der Waals surface area contributed by atoms with E-state index in [1.807, 2.05) is 0 Å². The van der Waals surface area contributed by atoms with E-state index >= 15 is 0 Å². The molecule has 13 heavy (non-hydrogen) atoms. The fourth-order valence-electron chi connectivity index (χ4n) is 1.69. The van der Waals surface area contributed by atoms with E-state index in [1.54, 1.807) is 6.07 Å². The maximum Gasteiger partial charge on any atom is 0.123 e. The van der Waals surface area contributed by atoms with Crippen LogP contribution in [0, 0.1) is 11.7 Å². The molecule has 0 spiro atoms. The van der Waals surface area contributed by atoms with Crippen LogP contribution in [-0.4, -0.2) is 6.54 Å². The fourth-order valence-corrected chi connectivity index (χ4v) is 1.95. The molecule has 1 aliphatic rings. The summed E-state index contributed by atoms with van der Waals surface area (Å²) in [5.41, 5.74) is 6.43. The Bertz CT molecular complexity index is 327. The lowest BCUT2D eigenvalue weighted by Crippen LogP contribution is -2.02. The standard InChI is InChI=1S/C10H11ClFN/c11-10-2-1-7(12)4-9(10)8-3-6(8)5-13/h1-2,4,6,8H,3,5,13H2. The minimum Gasteiger partial charge on any atom is -0.330 e. The van der Waals surface area contributed by atoms with E-state index in [1.165, 1.54) is 12.1 Å². The molecular formula is C10H11ClFN. The van der Waals surface area contributed by atoms with Crippen LogP contribution < -0.4 is 5.73 Å². The van der Waals surface area contributed by atoms with E-state index in [0.717, 1.165) is 12.0 Å². The minimum absolute atomic E-state index is 0.220. The zero-order valence-electron chi connectivity index (χ0n) is 7.13. The molecule has 70 valence electrons. The van der Waals surface area contributed by atoms with Gasteiger partial charge in [-0.25, -0.2) is 4.39 Å². The second-order valence-corrected chi connectivity index (χ2v) is 3.91. The van der Waals surface area contributed by atoms with Gasteiger partial charge in [0.15, 0.2) is 0 Å². The average Bonchev–Trinajstić information content (AvgIpc) is 2.88. The summed E-state index contributed by atoms with van der Waals surface area (Å²) in [6.07, 6.45) is 1.04. The van der Waals surface area contributed by atoms with Crippen molar-refractivity contribution >= 4 is 11.6 Å². The van der Waals surface area contributed by atoms with Crippen LogP contribution in [0.15, 0.2) is 18.2 Å². The number of hydrogen-bond donors (Lipinski definition) is 1. The number of hydrogen-bond acceptors (Lipinski definition) is 1. The molecule has 1 aromatic rings. The van der Waals surface area contributed by atoms with Crippen molar-refractivity contribution in [1.29, 1.82) is 0 Å². The molecule has 0 bridgehead atoms. The monoisotopic (exact) mass is 199 g/mol. The van der Waals surface area contributed by atoms with Crippen LogP contribution >= 0.6 is 11.6 Å². The predicted octanol–water partition coefficient (Wildman–Crippen LogP) is 2.54. The van der Waals surface area contributed by atoms with E-state index in [4.69, 9.17) is 17.3 Å². The van der Waals surface area contributed by atoms with Gasteiger partial charge >= 0.3 is 0 Å². The van der Waals surface area contributed by atoms with Gasteiger partial charge in [0.1, 0.15) is 5.82 Å². The van der Waals surface area contributed by atoms with Crippen molar-refractivity contribution in [3.05, 3.63) is 34.6 Å². The Labute approximate surface area is 81.7 Å². The molecule has 2 rings (SSSR count). The third kappa shape index (κ3) is 1.69. The summed E-state index contributed by atoms with van der Waals surface area (Å²) < 4.78 is 12.9. The highest BCUT2D eigenvalue weighted by Gasteiger charge is 2.38. The van der Waals surface area contributed by atoms with Gasteiger partial charge < -0.3 is 5.73 Å². The van der Waals surface area contributed by atoms with Crippen molar-refractivity contribution in [2.75, 3.05) is 6.54 Å². The first-order chi connectivity index (χ1) is 6.22. The van der Waals surface area contributed by atoms with E-state index in [9.17, 15) is 4.39 Å². The van der Waals surface area contributed by atoms with Crippen molar-refractivity contribution in [3.63, 3.8) is 0 Å². The zero-order valence-corrected chi connectivity index (χ0v) is 7.89. The van der Waals surface area contributed by atoms with Gasteiger partial charge in [-0.15, -0.1) is 0 Å². The predicted molar refractivity (Wildman–Crippen MR) is 51.3 cm³/mol. The molecule has 2 N–H and O–H groups in total. The summed E-state index contributed by atoms with van der Waals surface area (Å²) in [6, 6.07) is 4.51. The van der Waals surface area contributed by atoms with Gasteiger partial charge in [-0.3, -0.25) is 0 Å². The second kappa shape index (κ2) is 3.28. The van der Waals surface area contributed by atoms with Crippen LogP contribution in [-0.2, 0) is 0 Å². The molecule has 3 heteroatoms. The smallest absolute Gasteiger partial charge is 0.123 e. The Hall–Kier alpha value is -0.600. The molecule has 0 amide bonds. The molecule has 1 fully saturated rings. The van der Waals surface area contributed by atoms with Crippen LogP contribution in [0.25, 0.3) is 0 Å². The van der Waals surface area contributed by atoms with E-state index in [2.05, 4.69) is 0 Å². The summed E-state index contributed by atoms with van der Waals surface area (Å²) in [7, 11) is 0. The first-order valence-electron chi connectivity index (χ1n) is 4.37. The molecule has 1 aromatic carbocycles. The van der Waals surface area contributed by atoms with Crippen LogP contribution in [0.5, 0.6) is 0 Å². The number of halogens is 2. The second-order valence-electron chi connectivity index (χ2n) is 3.50. The minimum atomic E-state index is -0.220. The summed E-state index contributed by atoms with van der Waals surface area (Å²) in [5, 5.41) is 0.655. The lowest BCUT2D eigenvalue weighted by Gasteiger charge is -2.02. The van der Waals surface area contributed by atoms with Crippen LogP contribution in [0.3, 0.4) is 0 Å². The highest BCUT2D eigenvalue weighted by Crippen LogP contribution is 2.48. The quantitative estimate of drug-likeness (QED) is 0.779. The molecule has 0 heterocycles. The van der Waals surface area contributed by atoms with Gasteiger partial charge in [0.05, 0.1) is 0 Å². The third-order valence-electron chi connectivity index (χ3n) is 2.58. The van der Waals surface area contributed by atoms with Crippen molar-refractivity contribution in [2.45, 2.75) is 12.3 Å². The number of nitrogens with two attached hydrogens (primary N) is 1. The lowest BCUT2D eigenvalue weighted by atomic mass is 10.1. The Kier molecular flexibility index (Phi) is 2.26. The fraction of sp³-hybridized carbons (Fsp3) is 0.400. The first-order valence-corrected chi connectivity index (χ1v) is 4.75. The van der Waals surface area contributed by atoms with Crippen molar-refractivity contribution < 1.29 is 4.39 Å². The molecule has 1 nitrogen and oxygen atoms in total. The molecule has 2 atom stereocenters. The average molecular weight is 200 g/mol. The van der Waals surface area contributed by atoms with Crippen LogP contribution in [0.4, 0.5) is 4.39 Å². The van der Waals surface area contributed by atoms with Crippen molar-refractivity contribution in [2.24, 2.45) is 11.7 Å². The maximum absolute atomic E-state index is 12.9. The molecule has 0 saturated heterocycles. The summed E-state index contributed by atoms with van der Waals surface area (Å²) in [5.74, 6) is 0.662. The van der Waals surface area contributed by atoms with Gasteiger partial charge in [0, 0.05) is 5.02 Å². The molecule has 0 aromatic heterocycles. The van der Waals surface area contributed by atoms with Crippen molar-refractivity contribution in [3.8, 4) is 0 Å². The zero-order chi connectivity index (χ0) is 9.42. The number of benzene rings is 1. The van der Waals surface area contributed by atoms with E-state index in [0.29, 0.717) is 23.4 Å². The van der Waals surface area contributed by atoms with Crippen molar-refractivity contribution in [1.82, 2.24) is 0 Å². The summed E-state index contributed by atoms with van der Waals surface area (Å²) in [4.78, 5) is 0. The molecule has 0 radical (unpaired) electrons. The van der Waals surface area contributed by atoms with Gasteiger partial charge in [-0.2, -0.15) is 0 Å². The van der Waals surface area contributed by atoms with Crippen LogP contribution in [0.2, 0.25) is 5.02 Å². The molecular weight excluding hydrogens is 189 g/mol. The lowest BCUT2D eigenvalue weighted by molar-refractivity contribution is 0.624. The molecule has 0 aliphatic heterocycles. The Morgan fingerprint density at radius 3 is 2.92 bits per heavy atom. The Morgan fingerprint density at radius 1 is 1.54 bits per heavy atom. The molecule has 1 aliphatic carbocycles. The summed E-state index contributed by atoms with van der Waals surface area (Å²) in [6.45, 7) is 0.664. The van der Waals surface area contributed by atoms with Gasteiger partial charge in [0.25, 0.3) is 0 Å². The molecule has 1 saturated carbocycles. The normalized spacial score (nSPS) is 26.1. The third-order valence-corrected chi connectivity index (χ3v) is 2.93. The van der Waals surface area contributed by atoms with E-state index in [-0.39, 0.29) is 5.82 Å². The van der Waals surface area contributed by atoms with E-state index < -0.39 is 0 Å². The topological polar surface area (TPSA) is 26.0 Å². The van der Waals surface area contributed by atoms with Gasteiger partial charge in [-0.1, -0.05) is 11.6 Å². The Morgan fingerprint density at radius 2 is 2.31 bits per heavy atom. The Balaban J connectivity index is 2.25. The summed E-state index contributed by atoms with van der Waals surface area (Å²) >= 11 is 5.95. The largest absolute Gasteiger partial charge is 0.330 e. The number of rotatable bonds is 2. The molecule has 2 unspecified atom stereocenters. The van der Waals surface area contributed by atoms with Gasteiger partial charge in [0.2, 0.25) is 0 Å². The maximum atomic E-state index is 12.9. The highest BCUT2D eigenvalue weighted by atomic mass is 35.5. The SMILES string of the molecule is NCC1CC1c1cc(F)ccc1Cl. The first kappa shape index (κ1) is 8.97. The highest BCUT2D eigenvalue weighted by molar-refractivity contribution is 6.31. The van der Waals surface area contributed by atoms with Crippen LogP contribution in [0.1, 0.15) is 17.9 Å².